The zero-order chi connectivity index (χ0) is 10.7. The lowest BCUT2D eigenvalue weighted by atomic mass is 9.78. The van der Waals surface area contributed by atoms with Crippen LogP contribution in [0.15, 0.2) is 0 Å². The summed E-state index contributed by atoms with van der Waals surface area (Å²) in [7, 11) is 0. The molecule has 0 amide bonds. The maximum absolute atomic E-state index is 6.47. The topological polar surface area (TPSA) is 26.0 Å². The molecule has 2 aliphatic carbocycles. The molecule has 2 N–H and O–H groups in total. The van der Waals surface area contributed by atoms with Crippen LogP contribution in [0.4, 0.5) is 0 Å². The van der Waals surface area contributed by atoms with E-state index >= 15 is 0 Å². The van der Waals surface area contributed by atoms with Crippen molar-refractivity contribution in [3.05, 3.63) is 0 Å². The van der Waals surface area contributed by atoms with E-state index in [9.17, 15) is 0 Å². The second-order valence-corrected chi connectivity index (χ2v) is 5.82. The lowest BCUT2D eigenvalue weighted by Gasteiger charge is -2.31. The Labute approximate surface area is 94.8 Å². The first-order valence-electron chi connectivity index (χ1n) is 7.06. The van der Waals surface area contributed by atoms with Gasteiger partial charge >= 0.3 is 0 Å². The fraction of sp³-hybridized carbons (Fsp3) is 1.00. The molecule has 1 heteroatoms. The average molecular weight is 209 g/mol. The highest BCUT2D eigenvalue weighted by Crippen LogP contribution is 2.39. The van der Waals surface area contributed by atoms with Gasteiger partial charge in [0.25, 0.3) is 0 Å². The Morgan fingerprint density at radius 2 is 1.73 bits per heavy atom. The molecule has 2 saturated carbocycles. The molecule has 3 unspecified atom stereocenters. The van der Waals surface area contributed by atoms with E-state index in [0.717, 1.165) is 17.8 Å². The van der Waals surface area contributed by atoms with E-state index in [4.69, 9.17) is 5.73 Å². The first kappa shape index (κ1) is 11.4. The smallest absolute Gasteiger partial charge is 0.00957 e. The number of hydrogen-bond acceptors (Lipinski definition) is 1. The molecule has 15 heavy (non-hydrogen) atoms. The maximum atomic E-state index is 6.47. The molecule has 0 radical (unpaired) electrons. The highest BCUT2D eigenvalue weighted by atomic mass is 14.7. The van der Waals surface area contributed by atoms with Crippen molar-refractivity contribution in [2.75, 3.05) is 0 Å². The molecule has 0 aromatic heterocycles. The zero-order valence-corrected chi connectivity index (χ0v) is 10.3. The molecular weight excluding hydrogens is 182 g/mol. The number of rotatable bonds is 3. The molecule has 0 aromatic carbocycles. The van der Waals surface area contributed by atoms with E-state index in [-0.39, 0.29) is 0 Å². The standard InChI is InChI=1S/C14H27N/c1-2-11-8-9-13(10-11)14(15)12-6-4-3-5-7-12/h11-14H,2-10,15H2,1H3. The lowest BCUT2D eigenvalue weighted by molar-refractivity contribution is 0.241. The van der Waals surface area contributed by atoms with Crippen LogP contribution in [0.5, 0.6) is 0 Å². The van der Waals surface area contributed by atoms with Crippen molar-refractivity contribution in [1.82, 2.24) is 0 Å². The molecule has 0 heterocycles. The summed E-state index contributed by atoms with van der Waals surface area (Å²) in [4.78, 5) is 0. The van der Waals surface area contributed by atoms with Crippen LogP contribution in [0.1, 0.15) is 64.7 Å². The third kappa shape index (κ3) is 2.75. The molecule has 0 saturated heterocycles. The van der Waals surface area contributed by atoms with Gasteiger partial charge in [0.05, 0.1) is 0 Å². The summed E-state index contributed by atoms with van der Waals surface area (Å²) in [6, 6.07) is 0.529. The predicted molar refractivity (Wildman–Crippen MR) is 65.7 cm³/mol. The van der Waals surface area contributed by atoms with Gasteiger partial charge in [-0.1, -0.05) is 39.0 Å². The molecule has 0 bridgehead atoms. The zero-order valence-electron chi connectivity index (χ0n) is 10.3. The Balaban J connectivity index is 1.82. The Morgan fingerprint density at radius 1 is 1.00 bits per heavy atom. The van der Waals surface area contributed by atoms with Crippen molar-refractivity contribution >= 4 is 0 Å². The molecule has 0 spiro atoms. The van der Waals surface area contributed by atoms with Gasteiger partial charge in [0, 0.05) is 6.04 Å². The van der Waals surface area contributed by atoms with E-state index in [1.165, 1.54) is 57.8 Å². The SMILES string of the molecule is CCC1CCC(C(N)C2CCCCC2)C1. The Bertz CT molecular complexity index is 184. The van der Waals surface area contributed by atoms with Crippen LogP contribution < -0.4 is 5.73 Å². The van der Waals surface area contributed by atoms with Crippen molar-refractivity contribution in [1.29, 1.82) is 0 Å². The second-order valence-electron chi connectivity index (χ2n) is 5.82. The van der Waals surface area contributed by atoms with Crippen molar-refractivity contribution in [2.45, 2.75) is 70.8 Å². The number of nitrogens with two attached hydrogens (primary N) is 1. The van der Waals surface area contributed by atoms with Crippen molar-refractivity contribution in [3.63, 3.8) is 0 Å². The largest absolute Gasteiger partial charge is 0.327 e. The van der Waals surface area contributed by atoms with Crippen LogP contribution in [0.25, 0.3) is 0 Å². The predicted octanol–water partition coefficient (Wildman–Crippen LogP) is 3.72. The molecule has 2 fully saturated rings. The van der Waals surface area contributed by atoms with Crippen molar-refractivity contribution in [3.8, 4) is 0 Å². The quantitative estimate of drug-likeness (QED) is 0.753. The van der Waals surface area contributed by atoms with E-state index in [1.54, 1.807) is 0 Å². The van der Waals surface area contributed by atoms with Crippen LogP contribution in [0.2, 0.25) is 0 Å². The van der Waals surface area contributed by atoms with Gasteiger partial charge in [-0.05, 0) is 43.4 Å². The minimum atomic E-state index is 0.529. The van der Waals surface area contributed by atoms with Crippen molar-refractivity contribution in [2.24, 2.45) is 23.5 Å². The van der Waals surface area contributed by atoms with E-state index in [0.29, 0.717) is 6.04 Å². The Hall–Kier alpha value is -0.0400. The molecule has 1 nitrogen and oxygen atoms in total. The normalized spacial score (nSPS) is 35.6. The summed E-state index contributed by atoms with van der Waals surface area (Å²) in [5.74, 6) is 2.71. The van der Waals surface area contributed by atoms with Gasteiger partial charge in [-0.25, -0.2) is 0 Å². The van der Waals surface area contributed by atoms with E-state index < -0.39 is 0 Å². The molecule has 0 aliphatic heterocycles. The van der Waals surface area contributed by atoms with Gasteiger partial charge in [-0.2, -0.15) is 0 Å². The molecule has 88 valence electrons. The average Bonchev–Trinajstić information content (AvgIpc) is 2.78. The second kappa shape index (κ2) is 5.34. The summed E-state index contributed by atoms with van der Waals surface area (Å²) in [6.07, 6.45) is 12.8. The molecule has 2 aliphatic rings. The number of hydrogen-bond donors (Lipinski definition) is 1. The highest BCUT2D eigenvalue weighted by molar-refractivity contribution is 4.87. The van der Waals surface area contributed by atoms with Crippen LogP contribution >= 0.6 is 0 Å². The van der Waals surface area contributed by atoms with Gasteiger partial charge < -0.3 is 5.73 Å². The summed E-state index contributed by atoms with van der Waals surface area (Å²) < 4.78 is 0. The summed E-state index contributed by atoms with van der Waals surface area (Å²) >= 11 is 0. The minimum Gasteiger partial charge on any atom is -0.327 e. The molecule has 0 aromatic rings. The fourth-order valence-corrected chi connectivity index (χ4v) is 3.74. The van der Waals surface area contributed by atoms with Gasteiger partial charge in [-0.3, -0.25) is 0 Å². The Kier molecular flexibility index (Phi) is 4.07. The monoisotopic (exact) mass is 209 g/mol. The van der Waals surface area contributed by atoms with Gasteiger partial charge in [0.2, 0.25) is 0 Å². The summed E-state index contributed by atoms with van der Waals surface area (Å²) in [6.45, 7) is 2.33. The first-order chi connectivity index (χ1) is 7.31. The molecular formula is C14H27N. The third-order valence-electron chi connectivity index (χ3n) is 4.90. The van der Waals surface area contributed by atoms with Gasteiger partial charge in [-0.15, -0.1) is 0 Å². The van der Waals surface area contributed by atoms with Gasteiger partial charge in [0.1, 0.15) is 0 Å². The van der Waals surface area contributed by atoms with Crippen molar-refractivity contribution < 1.29 is 0 Å². The summed E-state index contributed by atoms with van der Waals surface area (Å²) in [5.41, 5.74) is 6.47. The lowest BCUT2D eigenvalue weighted by Crippen LogP contribution is -2.37. The molecule has 2 rings (SSSR count). The molecule has 3 atom stereocenters. The van der Waals surface area contributed by atoms with E-state index in [1.807, 2.05) is 0 Å². The van der Waals surface area contributed by atoms with Crippen LogP contribution in [0, 0.1) is 17.8 Å². The van der Waals surface area contributed by atoms with Gasteiger partial charge in [0.15, 0.2) is 0 Å². The highest BCUT2D eigenvalue weighted by Gasteiger charge is 2.32. The Morgan fingerprint density at radius 3 is 2.33 bits per heavy atom. The van der Waals surface area contributed by atoms with Crippen LogP contribution in [-0.4, -0.2) is 6.04 Å². The van der Waals surface area contributed by atoms with Crippen LogP contribution in [-0.2, 0) is 0 Å². The summed E-state index contributed by atoms with van der Waals surface area (Å²) in [5, 5.41) is 0. The minimum absolute atomic E-state index is 0.529. The maximum Gasteiger partial charge on any atom is 0.00957 e. The first-order valence-corrected chi connectivity index (χ1v) is 7.06. The fourth-order valence-electron chi connectivity index (χ4n) is 3.74. The third-order valence-corrected chi connectivity index (χ3v) is 4.90. The van der Waals surface area contributed by atoms with Crippen LogP contribution in [0.3, 0.4) is 0 Å². The van der Waals surface area contributed by atoms with E-state index in [2.05, 4.69) is 6.92 Å².